The second-order valence-corrected chi connectivity index (χ2v) is 1.44. The van der Waals surface area contributed by atoms with Gasteiger partial charge in [0.15, 0.2) is 0 Å². The molecule has 0 aliphatic heterocycles. The van der Waals surface area contributed by atoms with Crippen LogP contribution in [0.3, 0.4) is 0 Å². The van der Waals surface area contributed by atoms with Crippen LogP contribution in [0.4, 0.5) is 0 Å². The highest BCUT2D eigenvalue weighted by atomic mass is 127. The van der Waals surface area contributed by atoms with Gasteiger partial charge < -0.3 is 0 Å². The number of carbonyl (C=O) groups is 1. The molecule has 0 saturated heterocycles. The van der Waals surface area contributed by atoms with Gasteiger partial charge in [0.1, 0.15) is 5.78 Å². The highest BCUT2D eigenvalue weighted by Crippen LogP contribution is 1.77. The first-order chi connectivity index (χ1) is 2.27. The Morgan fingerprint density at radius 1 is 2.00 bits per heavy atom. The monoisotopic (exact) mass is 183 g/mol. The van der Waals surface area contributed by atoms with Gasteiger partial charge in [0.2, 0.25) is 0 Å². The van der Waals surface area contributed by atoms with Gasteiger partial charge in [0, 0.05) is 6.92 Å². The lowest BCUT2D eigenvalue weighted by Gasteiger charge is -1.69. The molecular formula is C3H4IO. The van der Waals surface area contributed by atoms with Crippen molar-refractivity contribution in [1.29, 1.82) is 0 Å². The summed E-state index contributed by atoms with van der Waals surface area (Å²) in [7, 11) is 0. The molecular weight excluding hydrogens is 179 g/mol. The molecule has 0 unspecified atom stereocenters. The zero-order chi connectivity index (χ0) is 4.28. The molecule has 0 aromatic heterocycles. The van der Waals surface area contributed by atoms with E-state index in [0.29, 0.717) is 4.43 Å². The third-order valence-corrected chi connectivity index (χ3v) is 1.000. The van der Waals surface area contributed by atoms with Crippen LogP contribution in [0.1, 0.15) is 0 Å². The number of halogens is 1. The average molecular weight is 183 g/mol. The molecule has 0 atom stereocenters. The summed E-state index contributed by atoms with van der Waals surface area (Å²) in [6, 6.07) is 0. The van der Waals surface area contributed by atoms with E-state index in [1.807, 2.05) is 22.6 Å². The number of carbonyl (C=O) groups excluding carboxylic acids is 1. The summed E-state index contributed by atoms with van der Waals surface area (Å²) in [5, 5.41) is 0. The number of hydrogen-bond donors (Lipinski definition) is 0. The van der Waals surface area contributed by atoms with E-state index in [1.165, 1.54) is 0 Å². The lowest BCUT2D eigenvalue weighted by Crippen LogP contribution is -1.86. The Bertz CT molecular complexity index is 42.2. The van der Waals surface area contributed by atoms with Crippen LogP contribution in [0.15, 0.2) is 0 Å². The van der Waals surface area contributed by atoms with Gasteiger partial charge in [-0.3, -0.25) is 4.79 Å². The van der Waals surface area contributed by atoms with E-state index >= 15 is 0 Å². The van der Waals surface area contributed by atoms with Crippen molar-refractivity contribution in [3.63, 3.8) is 0 Å². The van der Waals surface area contributed by atoms with Crippen molar-refractivity contribution in [2.24, 2.45) is 0 Å². The Morgan fingerprint density at radius 2 is 2.20 bits per heavy atom. The molecule has 0 aliphatic rings. The molecule has 0 amide bonds. The lowest BCUT2D eigenvalue weighted by atomic mass is 10.5. The fourth-order valence-corrected chi connectivity index (χ4v) is 0. The van der Waals surface area contributed by atoms with Gasteiger partial charge in [-0.2, -0.15) is 0 Å². The van der Waals surface area contributed by atoms with Crippen LogP contribution in [-0.4, -0.2) is 10.2 Å². The van der Waals surface area contributed by atoms with Gasteiger partial charge in [0.05, 0.1) is 4.43 Å². The quantitative estimate of drug-likeness (QED) is 0.434. The largest absolute Gasteiger partial charge is 0.299 e. The summed E-state index contributed by atoms with van der Waals surface area (Å²) < 4.78 is 0.526. The lowest BCUT2D eigenvalue weighted by molar-refractivity contribution is -0.112. The van der Waals surface area contributed by atoms with E-state index < -0.39 is 0 Å². The zero-order valence-corrected chi connectivity index (χ0v) is 4.86. The molecule has 1 radical (unpaired) electrons. The molecule has 0 aromatic rings. The Balaban J connectivity index is 2.85. The third-order valence-electron chi connectivity index (χ3n) is 0.149. The maximum atomic E-state index is 9.69. The Kier molecular flexibility index (Phi) is 2.84. The number of Topliss-reactive ketones (excluding diaryl/α,β-unsaturated/α-hetero) is 1. The zero-order valence-electron chi connectivity index (χ0n) is 2.70. The molecule has 0 N–H and O–H groups in total. The van der Waals surface area contributed by atoms with Gasteiger partial charge in [0.25, 0.3) is 0 Å². The van der Waals surface area contributed by atoms with Crippen LogP contribution in [0, 0.1) is 6.92 Å². The van der Waals surface area contributed by atoms with E-state index in [2.05, 4.69) is 6.92 Å². The molecule has 0 saturated carbocycles. The first-order valence-electron chi connectivity index (χ1n) is 1.18. The molecule has 1 nitrogen and oxygen atoms in total. The summed E-state index contributed by atoms with van der Waals surface area (Å²) >= 11 is 1.97. The van der Waals surface area contributed by atoms with Crippen LogP contribution in [0.2, 0.25) is 0 Å². The minimum atomic E-state index is -0.00870. The molecule has 0 heterocycles. The fraction of sp³-hybridized carbons (Fsp3) is 0.333. The highest BCUT2D eigenvalue weighted by Gasteiger charge is 1.79. The minimum Gasteiger partial charge on any atom is -0.299 e. The van der Waals surface area contributed by atoms with E-state index in [1.54, 1.807) is 0 Å². The molecule has 0 aromatic carbocycles. The molecule has 5 heavy (non-hydrogen) atoms. The van der Waals surface area contributed by atoms with Crippen LogP contribution in [-0.2, 0) is 4.79 Å². The number of hydrogen-bond acceptors (Lipinski definition) is 1. The maximum absolute atomic E-state index is 9.69. The van der Waals surface area contributed by atoms with Crippen molar-refractivity contribution >= 4 is 28.4 Å². The molecule has 2 heteroatoms. The topological polar surface area (TPSA) is 17.1 Å². The first-order valence-corrected chi connectivity index (χ1v) is 2.70. The van der Waals surface area contributed by atoms with Gasteiger partial charge in [-0.1, -0.05) is 22.6 Å². The van der Waals surface area contributed by atoms with Crippen LogP contribution < -0.4 is 0 Å². The standard InChI is InChI=1S/C3H4IO/c1-3(5)2-4/h1-2H2. The van der Waals surface area contributed by atoms with Gasteiger partial charge in [-0.05, 0) is 0 Å². The fourth-order valence-electron chi connectivity index (χ4n) is 0. The number of alkyl halides is 1. The van der Waals surface area contributed by atoms with Crippen molar-refractivity contribution in [1.82, 2.24) is 0 Å². The molecule has 0 rings (SSSR count). The van der Waals surface area contributed by atoms with Crippen LogP contribution in [0.25, 0.3) is 0 Å². The van der Waals surface area contributed by atoms with Crippen LogP contribution in [0.5, 0.6) is 0 Å². The summed E-state index contributed by atoms with van der Waals surface area (Å²) in [5.41, 5.74) is 0. The van der Waals surface area contributed by atoms with Gasteiger partial charge in [-0.25, -0.2) is 0 Å². The second kappa shape index (κ2) is 2.63. The molecule has 0 spiro atoms. The highest BCUT2D eigenvalue weighted by molar-refractivity contribution is 14.1. The Labute approximate surface area is 44.9 Å². The Morgan fingerprint density at radius 3 is 2.20 bits per heavy atom. The average Bonchev–Trinajstić information content (AvgIpc) is 1.38. The van der Waals surface area contributed by atoms with E-state index in [4.69, 9.17) is 0 Å². The molecule has 0 fully saturated rings. The smallest absolute Gasteiger partial charge is 0.143 e. The van der Waals surface area contributed by atoms with Crippen molar-refractivity contribution in [2.75, 3.05) is 4.43 Å². The third kappa shape index (κ3) is 4.40. The van der Waals surface area contributed by atoms with E-state index in [-0.39, 0.29) is 5.78 Å². The van der Waals surface area contributed by atoms with Gasteiger partial charge in [-0.15, -0.1) is 0 Å². The summed E-state index contributed by atoms with van der Waals surface area (Å²) in [5.74, 6) is -0.00870. The summed E-state index contributed by atoms with van der Waals surface area (Å²) in [4.78, 5) is 9.69. The van der Waals surface area contributed by atoms with Crippen molar-refractivity contribution < 1.29 is 4.79 Å². The number of rotatable bonds is 1. The predicted octanol–water partition coefficient (Wildman–Crippen LogP) is 0.825. The summed E-state index contributed by atoms with van der Waals surface area (Å²) in [6.45, 7) is 3.11. The maximum Gasteiger partial charge on any atom is 0.143 e. The van der Waals surface area contributed by atoms with Crippen molar-refractivity contribution in [3.8, 4) is 0 Å². The Hall–Kier alpha value is 0.400. The second-order valence-electron chi connectivity index (χ2n) is 0.672. The normalized spacial score (nSPS) is 7.60. The van der Waals surface area contributed by atoms with E-state index in [0.717, 1.165) is 0 Å². The summed E-state index contributed by atoms with van der Waals surface area (Å²) in [6.07, 6.45) is 0. The number of ketones is 1. The van der Waals surface area contributed by atoms with Crippen molar-refractivity contribution in [3.05, 3.63) is 6.92 Å². The van der Waals surface area contributed by atoms with E-state index in [9.17, 15) is 4.79 Å². The molecule has 0 bridgehead atoms. The predicted molar refractivity (Wildman–Crippen MR) is 29.3 cm³/mol. The SMILES string of the molecule is [CH2]C(=O)CI. The van der Waals surface area contributed by atoms with Gasteiger partial charge >= 0.3 is 0 Å². The van der Waals surface area contributed by atoms with Crippen molar-refractivity contribution in [2.45, 2.75) is 0 Å². The first kappa shape index (κ1) is 5.40. The molecule has 29 valence electrons. The van der Waals surface area contributed by atoms with Crippen LogP contribution >= 0.6 is 22.6 Å². The minimum absolute atomic E-state index is 0.00870. The molecule has 0 aliphatic carbocycles.